The Morgan fingerprint density at radius 1 is 0.964 bits per heavy atom. The Labute approximate surface area is 163 Å². The van der Waals surface area contributed by atoms with E-state index in [0.717, 1.165) is 39.1 Å². The van der Waals surface area contributed by atoms with Gasteiger partial charge < -0.3 is 9.26 Å². The first-order valence-corrected chi connectivity index (χ1v) is 9.70. The van der Waals surface area contributed by atoms with Crippen LogP contribution in [-0.2, 0) is 4.74 Å². The molecule has 0 bridgehead atoms. The summed E-state index contributed by atoms with van der Waals surface area (Å²) in [5, 5.41) is 4.15. The van der Waals surface area contributed by atoms with Crippen LogP contribution >= 0.6 is 0 Å². The lowest BCUT2D eigenvalue weighted by Crippen LogP contribution is -2.38. The minimum Gasteiger partial charge on any atom is -0.381 e. The van der Waals surface area contributed by atoms with Crippen molar-refractivity contribution in [3.63, 3.8) is 0 Å². The lowest BCUT2D eigenvalue weighted by atomic mass is 9.90. The highest BCUT2D eigenvalue weighted by Gasteiger charge is 2.41. The number of nitrogens with zero attached hydrogens (tertiary/aromatic N) is 6. The second kappa shape index (κ2) is 7.73. The highest BCUT2D eigenvalue weighted by atomic mass is 16.5. The summed E-state index contributed by atoms with van der Waals surface area (Å²) in [7, 11) is 0. The minimum absolute atomic E-state index is 0.130. The molecule has 2 fully saturated rings. The highest BCUT2D eigenvalue weighted by molar-refractivity contribution is 5.45. The number of pyridine rings is 1. The van der Waals surface area contributed by atoms with Gasteiger partial charge in [0.1, 0.15) is 5.69 Å². The summed E-state index contributed by atoms with van der Waals surface area (Å²) in [6, 6.07) is 4.67. The van der Waals surface area contributed by atoms with E-state index in [2.05, 4.69) is 36.1 Å². The maximum absolute atomic E-state index is 5.69. The van der Waals surface area contributed by atoms with Crippen molar-refractivity contribution in [1.82, 2.24) is 30.0 Å². The Morgan fingerprint density at radius 3 is 2.61 bits per heavy atom. The maximum atomic E-state index is 5.69. The average Bonchev–Trinajstić information content (AvgIpc) is 3.43. The van der Waals surface area contributed by atoms with Crippen LogP contribution in [-0.4, -0.2) is 62.3 Å². The van der Waals surface area contributed by atoms with Gasteiger partial charge in [-0.1, -0.05) is 11.2 Å². The van der Waals surface area contributed by atoms with Crippen molar-refractivity contribution in [3.8, 4) is 11.5 Å². The minimum atomic E-state index is 0.130. The Kier molecular flexibility index (Phi) is 4.80. The number of rotatable bonds is 4. The average molecular weight is 378 g/mol. The summed E-state index contributed by atoms with van der Waals surface area (Å²) in [4.78, 5) is 19.9. The summed E-state index contributed by atoms with van der Waals surface area (Å²) in [6.45, 7) is 3.53. The Bertz CT molecular complexity index is 897. The van der Waals surface area contributed by atoms with Crippen LogP contribution in [0.4, 0.5) is 0 Å². The van der Waals surface area contributed by atoms with Crippen LogP contribution in [0.5, 0.6) is 0 Å². The lowest BCUT2D eigenvalue weighted by molar-refractivity contribution is 0.0413. The summed E-state index contributed by atoms with van der Waals surface area (Å²) in [6.07, 6.45) is 10.8. The first kappa shape index (κ1) is 17.4. The lowest BCUT2D eigenvalue weighted by Gasteiger charge is -2.31. The zero-order valence-corrected chi connectivity index (χ0v) is 15.5. The predicted molar refractivity (Wildman–Crippen MR) is 100 cm³/mol. The second-order valence-electron chi connectivity index (χ2n) is 7.34. The molecule has 0 unspecified atom stereocenters. The first-order valence-electron chi connectivity index (χ1n) is 9.70. The monoisotopic (exact) mass is 378 g/mol. The fraction of sp³-hybridized carbons (Fsp3) is 0.450. The van der Waals surface area contributed by atoms with Gasteiger partial charge in [0.2, 0.25) is 11.7 Å². The fourth-order valence-corrected chi connectivity index (χ4v) is 4.27. The topological polar surface area (TPSA) is 90.1 Å². The van der Waals surface area contributed by atoms with E-state index < -0.39 is 0 Å². The van der Waals surface area contributed by atoms with Gasteiger partial charge in [-0.15, -0.1) is 0 Å². The van der Waals surface area contributed by atoms with Gasteiger partial charge in [0.05, 0.1) is 12.1 Å². The van der Waals surface area contributed by atoms with Gasteiger partial charge in [-0.25, -0.2) is 4.98 Å². The van der Waals surface area contributed by atoms with Crippen LogP contribution < -0.4 is 0 Å². The van der Waals surface area contributed by atoms with Crippen LogP contribution in [0.2, 0.25) is 0 Å². The molecule has 0 spiro atoms. The number of ether oxygens (including phenoxy) is 1. The van der Waals surface area contributed by atoms with Crippen molar-refractivity contribution in [2.75, 3.05) is 26.3 Å². The number of hydrogen-bond donors (Lipinski definition) is 0. The molecule has 0 saturated carbocycles. The summed E-state index contributed by atoms with van der Waals surface area (Å²) in [5.41, 5.74) is 1.83. The maximum Gasteiger partial charge on any atom is 0.232 e. The molecule has 28 heavy (non-hydrogen) atoms. The molecule has 3 aromatic rings. The predicted octanol–water partition coefficient (Wildman–Crippen LogP) is 2.28. The van der Waals surface area contributed by atoms with Gasteiger partial charge in [-0.2, -0.15) is 4.98 Å². The summed E-state index contributed by atoms with van der Waals surface area (Å²) >= 11 is 0. The van der Waals surface area contributed by atoms with Gasteiger partial charge in [0.15, 0.2) is 0 Å². The molecule has 0 amide bonds. The van der Waals surface area contributed by atoms with E-state index in [-0.39, 0.29) is 11.8 Å². The molecular weight excluding hydrogens is 356 g/mol. The van der Waals surface area contributed by atoms with Crippen LogP contribution in [0, 0.1) is 0 Å². The van der Waals surface area contributed by atoms with Crippen LogP contribution in [0.15, 0.2) is 47.6 Å². The smallest absolute Gasteiger partial charge is 0.232 e. The molecule has 5 heterocycles. The Balaban J connectivity index is 1.44. The Hall–Kier alpha value is -2.71. The van der Waals surface area contributed by atoms with Gasteiger partial charge in [-0.3, -0.25) is 14.9 Å². The molecular formula is C20H22N6O2. The quantitative estimate of drug-likeness (QED) is 0.683. The molecule has 2 saturated heterocycles. The highest BCUT2D eigenvalue weighted by Crippen LogP contribution is 2.40. The van der Waals surface area contributed by atoms with E-state index in [4.69, 9.17) is 9.26 Å². The molecule has 8 nitrogen and oxygen atoms in total. The van der Waals surface area contributed by atoms with Crippen molar-refractivity contribution in [1.29, 1.82) is 0 Å². The van der Waals surface area contributed by atoms with E-state index >= 15 is 0 Å². The largest absolute Gasteiger partial charge is 0.381 e. The van der Waals surface area contributed by atoms with E-state index in [1.54, 1.807) is 18.6 Å². The third kappa shape index (κ3) is 3.41. The standard InChI is InChI=1S/C20H22N6O2/c1-2-14(10-21-5-1)16-12-26(15-3-8-27-9-4-15)13-17(16)20-24-19(25-28-20)18-11-22-6-7-23-18/h1-2,5-7,10-11,15-17H,3-4,8-9,12-13H2/t16-,17+/m0/s1. The van der Waals surface area contributed by atoms with Gasteiger partial charge in [0, 0.05) is 63.1 Å². The van der Waals surface area contributed by atoms with Crippen molar-refractivity contribution in [2.45, 2.75) is 30.7 Å². The molecule has 2 aliphatic heterocycles. The molecule has 8 heteroatoms. The SMILES string of the molecule is c1cncc([C@@H]2CN(C3CCOCC3)C[C@H]2c2nc(-c3cnccn3)no2)c1. The van der Waals surface area contributed by atoms with Crippen molar-refractivity contribution < 1.29 is 9.26 Å². The summed E-state index contributed by atoms with van der Waals surface area (Å²) < 4.78 is 11.2. The molecule has 0 aromatic carbocycles. The van der Waals surface area contributed by atoms with E-state index in [1.165, 1.54) is 5.56 Å². The van der Waals surface area contributed by atoms with Gasteiger partial charge in [-0.05, 0) is 24.5 Å². The number of hydrogen-bond acceptors (Lipinski definition) is 8. The second-order valence-corrected chi connectivity index (χ2v) is 7.34. The van der Waals surface area contributed by atoms with Gasteiger partial charge >= 0.3 is 0 Å². The zero-order chi connectivity index (χ0) is 18.8. The fourth-order valence-electron chi connectivity index (χ4n) is 4.27. The van der Waals surface area contributed by atoms with E-state index in [9.17, 15) is 0 Å². The van der Waals surface area contributed by atoms with Crippen molar-refractivity contribution in [3.05, 3.63) is 54.6 Å². The Morgan fingerprint density at radius 2 is 1.82 bits per heavy atom. The van der Waals surface area contributed by atoms with Crippen LogP contribution in [0.1, 0.15) is 36.1 Å². The molecule has 0 radical (unpaired) electrons. The normalized spacial score (nSPS) is 23.9. The third-order valence-electron chi connectivity index (χ3n) is 5.72. The molecule has 5 rings (SSSR count). The number of aromatic nitrogens is 5. The molecule has 0 N–H and O–H groups in total. The van der Waals surface area contributed by atoms with Crippen molar-refractivity contribution in [2.24, 2.45) is 0 Å². The van der Waals surface area contributed by atoms with E-state index in [0.29, 0.717) is 23.5 Å². The zero-order valence-electron chi connectivity index (χ0n) is 15.5. The molecule has 3 aromatic heterocycles. The first-order chi connectivity index (χ1) is 13.9. The van der Waals surface area contributed by atoms with Gasteiger partial charge in [0.25, 0.3) is 0 Å². The number of likely N-dealkylation sites (tertiary alicyclic amines) is 1. The van der Waals surface area contributed by atoms with Crippen molar-refractivity contribution >= 4 is 0 Å². The molecule has 2 aliphatic rings. The summed E-state index contributed by atoms with van der Waals surface area (Å²) in [5.74, 6) is 1.54. The van der Waals surface area contributed by atoms with Crippen LogP contribution in [0.25, 0.3) is 11.5 Å². The molecule has 0 aliphatic carbocycles. The molecule has 144 valence electrons. The van der Waals surface area contributed by atoms with Crippen LogP contribution in [0.3, 0.4) is 0 Å². The molecule has 2 atom stereocenters. The van der Waals surface area contributed by atoms with E-state index in [1.807, 2.05) is 18.5 Å². The third-order valence-corrected chi connectivity index (χ3v) is 5.72.